The second kappa shape index (κ2) is 33.0. The lowest BCUT2D eigenvalue weighted by molar-refractivity contribution is 0.192. The first kappa shape index (κ1) is 34.0. The highest BCUT2D eigenvalue weighted by Crippen LogP contribution is 2.16. The number of hydrogen-bond acceptors (Lipinski definition) is 1. The normalized spacial score (nSPS) is 11.5. The van der Waals surface area contributed by atoms with Crippen molar-refractivity contribution in [1.29, 1.82) is 0 Å². The first-order valence-corrected chi connectivity index (χ1v) is 16.4. The maximum Gasteiger partial charge on any atom is 0.0462 e. The Balaban J connectivity index is 2.99. The first-order valence-electron chi connectivity index (χ1n) is 16.4. The van der Waals surface area contributed by atoms with Crippen molar-refractivity contribution in [2.75, 3.05) is 13.7 Å². The molecule has 0 unspecified atom stereocenters. The third kappa shape index (κ3) is 32.0. The number of rotatable bonds is 31. The van der Waals surface area contributed by atoms with Gasteiger partial charge in [0.25, 0.3) is 0 Å². The maximum absolute atomic E-state index is 5.10. The SMILES string of the molecule is CCCCCCCCCCCCCCCCCCCCCCCCCCCCCCCCOC. The van der Waals surface area contributed by atoms with Crippen LogP contribution >= 0.6 is 0 Å². The van der Waals surface area contributed by atoms with Gasteiger partial charge in [0.15, 0.2) is 0 Å². The van der Waals surface area contributed by atoms with E-state index in [-0.39, 0.29) is 0 Å². The van der Waals surface area contributed by atoms with Crippen LogP contribution in [0.15, 0.2) is 0 Å². The van der Waals surface area contributed by atoms with Crippen molar-refractivity contribution >= 4 is 0 Å². The molecule has 0 amide bonds. The van der Waals surface area contributed by atoms with Gasteiger partial charge >= 0.3 is 0 Å². The molecule has 0 bridgehead atoms. The zero-order chi connectivity index (χ0) is 24.6. The molecule has 0 aromatic carbocycles. The minimum atomic E-state index is 0.944. The summed E-state index contributed by atoms with van der Waals surface area (Å²) in [6.45, 7) is 3.25. The average Bonchev–Trinajstić information content (AvgIpc) is 2.85. The first-order chi connectivity index (χ1) is 16.9. The highest BCUT2D eigenvalue weighted by molar-refractivity contribution is 4.52. The van der Waals surface area contributed by atoms with E-state index in [0.717, 1.165) is 6.61 Å². The van der Waals surface area contributed by atoms with E-state index in [9.17, 15) is 0 Å². The molecule has 0 aromatic heterocycles. The van der Waals surface area contributed by atoms with Crippen molar-refractivity contribution in [3.8, 4) is 0 Å². The van der Waals surface area contributed by atoms with Crippen molar-refractivity contribution in [1.82, 2.24) is 0 Å². The van der Waals surface area contributed by atoms with E-state index < -0.39 is 0 Å². The van der Waals surface area contributed by atoms with Gasteiger partial charge in [0, 0.05) is 13.7 Å². The number of hydrogen-bond donors (Lipinski definition) is 0. The van der Waals surface area contributed by atoms with E-state index in [1.807, 2.05) is 7.11 Å². The monoisotopic (exact) mass is 481 g/mol. The largest absolute Gasteiger partial charge is 0.385 e. The van der Waals surface area contributed by atoms with Crippen molar-refractivity contribution in [2.45, 2.75) is 200 Å². The molecule has 0 N–H and O–H groups in total. The molecule has 0 spiro atoms. The minimum absolute atomic E-state index is 0.944. The van der Waals surface area contributed by atoms with Crippen LogP contribution < -0.4 is 0 Å². The molecular weight excluding hydrogens is 412 g/mol. The van der Waals surface area contributed by atoms with E-state index in [1.165, 1.54) is 193 Å². The van der Waals surface area contributed by atoms with Crippen molar-refractivity contribution in [3.63, 3.8) is 0 Å². The maximum atomic E-state index is 5.10. The van der Waals surface area contributed by atoms with E-state index >= 15 is 0 Å². The van der Waals surface area contributed by atoms with Crippen molar-refractivity contribution < 1.29 is 4.74 Å². The summed E-state index contributed by atoms with van der Waals surface area (Å²) in [5, 5.41) is 0. The Bertz CT molecular complexity index is 295. The van der Waals surface area contributed by atoms with Crippen LogP contribution in [0, 0.1) is 0 Å². The summed E-state index contributed by atoms with van der Waals surface area (Å²) in [6.07, 6.45) is 43.8. The molecular formula is C33H68O. The van der Waals surface area contributed by atoms with E-state index in [0.29, 0.717) is 0 Å². The van der Waals surface area contributed by atoms with Gasteiger partial charge in [-0.2, -0.15) is 0 Å². The fourth-order valence-electron chi connectivity index (χ4n) is 5.27. The van der Waals surface area contributed by atoms with Gasteiger partial charge in [0.2, 0.25) is 0 Å². The van der Waals surface area contributed by atoms with Crippen LogP contribution in [0.2, 0.25) is 0 Å². The van der Waals surface area contributed by atoms with E-state index in [2.05, 4.69) is 6.92 Å². The summed E-state index contributed by atoms with van der Waals surface area (Å²) in [5.74, 6) is 0. The Morgan fingerprint density at radius 2 is 0.441 bits per heavy atom. The molecule has 0 aliphatic carbocycles. The Hall–Kier alpha value is -0.0400. The summed E-state index contributed by atoms with van der Waals surface area (Å²) in [7, 11) is 1.81. The minimum Gasteiger partial charge on any atom is -0.385 e. The Morgan fingerprint density at radius 1 is 0.265 bits per heavy atom. The quantitative estimate of drug-likeness (QED) is 0.0896. The number of unbranched alkanes of at least 4 members (excludes halogenated alkanes) is 29. The molecule has 0 aliphatic heterocycles. The van der Waals surface area contributed by atoms with Gasteiger partial charge in [-0.3, -0.25) is 0 Å². The molecule has 206 valence electrons. The van der Waals surface area contributed by atoms with E-state index in [1.54, 1.807) is 0 Å². The zero-order valence-corrected chi connectivity index (χ0v) is 24.3. The van der Waals surface area contributed by atoms with Crippen LogP contribution in [0.4, 0.5) is 0 Å². The summed E-state index contributed by atoms with van der Waals surface area (Å²) < 4.78 is 5.10. The summed E-state index contributed by atoms with van der Waals surface area (Å²) in [5.41, 5.74) is 0. The van der Waals surface area contributed by atoms with Crippen molar-refractivity contribution in [3.05, 3.63) is 0 Å². The lowest BCUT2D eigenvalue weighted by Gasteiger charge is -2.04. The second-order valence-corrected chi connectivity index (χ2v) is 11.2. The lowest BCUT2D eigenvalue weighted by Crippen LogP contribution is -1.88. The van der Waals surface area contributed by atoms with Gasteiger partial charge in [-0.1, -0.05) is 193 Å². The van der Waals surface area contributed by atoms with Gasteiger partial charge < -0.3 is 4.74 Å². The lowest BCUT2D eigenvalue weighted by atomic mass is 10.0. The Morgan fingerprint density at radius 3 is 0.618 bits per heavy atom. The average molecular weight is 481 g/mol. The second-order valence-electron chi connectivity index (χ2n) is 11.2. The third-order valence-corrected chi connectivity index (χ3v) is 7.70. The van der Waals surface area contributed by atoms with Crippen LogP contribution in [0.25, 0.3) is 0 Å². The topological polar surface area (TPSA) is 9.23 Å². The molecule has 0 fully saturated rings. The van der Waals surface area contributed by atoms with Gasteiger partial charge in [-0.05, 0) is 6.42 Å². The molecule has 34 heavy (non-hydrogen) atoms. The molecule has 0 aromatic rings. The number of methoxy groups -OCH3 is 1. The fraction of sp³-hybridized carbons (Fsp3) is 1.00. The summed E-state index contributed by atoms with van der Waals surface area (Å²) in [6, 6.07) is 0. The Kier molecular flexibility index (Phi) is 32.9. The van der Waals surface area contributed by atoms with Crippen LogP contribution in [0.1, 0.15) is 200 Å². The smallest absolute Gasteiger partial charge is 0.0462 e. The van der Waals surface area contributed by atoms with Crippen LogP contribution in [0.5, 0.6) is 0 Å². The molecule has 0 saturated carbocycles. The van der Waals surface area contributed by atoms with Gasteiger partial charge in [-0.15, -0.1) is 0 Å². The zero-order valence-electron chi connectivity index (χ0n) is 24.3. The number of ether oxygens (including phenoxy) is 1. The fourth-order valence-corrected chi connectivity index (χ4v) is 5.27. The van der Waals surface area contributed by atoms with Crippen molar-refractivity contribution in [2.24, 2.45) is 0 Å². The molecule has 0 rings (SSSR count). The van der Waals surface area contributed by atoms with Gasteiger partial charge in [-0.25, -0.2) is 0 Å². The van der Waals surface area contributed by atoms with Crippen LogP contribution in [-0.2, 0) is 4.74 Å². The molecule has 0 saturated heterocycles. The van der Waals surface area contributed by atoms with Crippen LogP contribution in [0.3, 0.4) is 0 Å². The Labute approximate surface area is 218 Å². The third-order valence-electron chi connectivity index (χ3n) is 7.70. The summed E-state index contributed by atoms with van der Waals surface area (Å²) >= 11 is 0. The van der Waals surface area contributed by atoms with Gasteiger partial charge in [0.1, 0.15) is 0 Å². The molecule has 0 aliphatic rings. The highest BCUT2D eigenvalue weighted by Gasteiger charge is 1.97. The predicted molar refractivity (Wildman–Crippen MR) is 156 cm³/mol. The molecule has 1 heteroatoms. The van der Waals surface area contributed by atoms with Gasteiger partial charge in [0.05, 0.1) is 0 Å². The standard InChI is InChI=1S/C33H68O/c1-3-4-5-6-7-8-9-10-11-12-13-14-15-16-17-18-19-20-21-22-23-24-25-26-27-28-29-30-31-32-33-34-2/h3-33H2,1-2H3. The molecule has 0 heterocycles. The summed E-state index contributed by atoms with van der Waals surface area (Å²) in [4.78, 5) is 0. The van der Waals surface area contributed by atoms with Crippen LogP contribution in [-0.4, -0.2) is 13.7 Å². The van der Waals surface area contributed by atoms with E-state index in [4.69, 9.17) is 4.74 Å². The molecule has 0 atom stereocenters. The molecule has 0 radical (unpaired) electrons. The molecule has 1 nitrogen and oxygen atoms in total. The highest BCUT2D eigenvalue weighted by atomic mass is 16.5. The predicted octanol–water partition coefficient (Wildman–Crippen LogP) is 12.4.